The third-order valence-electron chi connectivity index (χ3n) is 6.07. The quantitative estimate of drug-likeness (QED) is 0.306. The molecule has 1 aromatic carbocycles. The molecule has 1 fully saturated rings. The second-order valence-electron chi connectivity index (χ2n) is 8.04. The Kier molecular flexibility index (Phi) is 4.24. The largest absolute Gasteiger partial charge is 0.394 e. The maximum absolute atomic E-state index is 12.6. The minimum atomic E-state index is -0.889. The van der Waals surface area contributed by atoms with Gasteiger partial charge in [-0.05, 0) is 24.3 Å². The summed E-state index contributed by atoms with van der Waals surface area (Å²) in [6, 6.07) is 7.64. The topological polar surface area (TPSA) is 170 Å². The van der Waals surface area contributed by atoms with E-state index in [-0.39, 0.29) is 30.1 Å². The van der Waals surface area contributed by atoms with E-state index in [1.54, 1.807) is 10.8 Å². The smallest absolute Gasteiger partial charge is 0.280 e. The van der Waals surface area contributed by atoms with E-state index < -0.39 is 24.0 Å². The van der Waals surface area contributed by atoms with Crippen molar-refractivity contribution >= 4 is 39.0 Å². The number of pyridine rings is 1. The Morgan fingerprint density at radius 1 is 1.21 bits per heavy atom. The Labute approximate surface area is 185 Å². The van der Waals surface area contributed by atoms with Crippen molar-refractivity contribution in [1.82, 2.24) is 34.1 Å². The number of imidazole rings is 2. The number of hydrogen-bond acceptors (Lipinski definition) is 9. The van der Waals surface area contributed by atoms with E-state index in [0.29, 0.717) is 11.6 Å². The predicted molar refractivity (Wildman–Crippen MR) is 119 cm³/mol. The third kappa shape index (κ3) is 2.85. The highest BCUT2D eigenvalue weighted by atomic mass is 16.5. The van der Waals surface area contributed by atoms with E-state index in [1.807, 2.05) is 35.9 Å². The molecule has 1 saturated heterocycles. The first-order chi connectivity index (χ1) is 16.0. The third-order valence-corrected chi connectivity index (χ3v) is 6.07. The summed E-state index contributed by atoms with van der Waals surface area (Å²) in [5.74, 6) is 0.738. The van der Waals surface area contributed by atoms with Crippen LogP contribution in [-0.4, -0.2) is 63.1 Å². The van der Waals surface area contributed by atoms with Crippen LogP contribution in [0.3, 0.4) is 0 Å². The molecular formula is C21H20N8O4. The number of nitrogen functional groups attached to an aromatic ring is 1. The van der Waals surface area contributed by atoms with Gasteiger partial charge in [-0.25, -0.2) is 9.97 Å². The zero-order valence-electron chi connectivity index (χ0n) is 17.5. The van der Waals surface area contributed by atoms with Gasteiger partial charge in [0.15, 0.2) is 22.8 Å². The zero-order chi connectivity index (χ0) is 22.9. The molecule has 1 aliphatic heterocycles. The van der Waals surface area contributed by atoms with Gasteiger partial charge in [0.05, 0.1) is 29.3 Å². The number of aliphatic hydroxyl groups excluding tert-OH is 2. The normalized spacial score (nSPS) is 21.0. The summed E-state index contributed by atoms with van der Waals surface area (Å²) in [7, 11) is 1.85. The molecule has 6 rings (SSSR count). The summed E-state index contributed by atoms with van der Waals surface area (Å²) < 4.78 is 9.36. The van der Waals surface area contributed by atoms with Crippen molar-refractivity contribution in [1.29, 1.82) is 0 Å². The molecule has 1 aliphatic rings. The van der Waals surface area contributed by atoms with Crippen molar-refractivity contribution in [2.75, 3.05) is 12.3 Å². The molecule has 3 atom stereocenters. The number of fused-ring (bicyclic) bond motifs is 4. The Morgan fingerprint density at radius 2 is 2.03 bits per heavy atom. The van der Waals surface area contributed by atoms with Crippen molar-refractivity contribution < 1.29 is 14.9 Å². The maximum Gasteiger partial charge on any atom is 0.280 e. The number of H-pyrrole nitrogens is 1. The first-order valence-corrected chi connectivity index (χ1v) is 10.4. The summed E-state index contributed by atoms with van der Waals surface area (Å²) in [6.07, 6.45) is -0.492. The second kappa shape index (κ2) is 7.07. The van der Waals surface area contributed by atoms with Crippen LogP contribution >= 0.6 is 0 Å². The zero-order valence-corrected chi connectivity index (χ0v) is 17.5. The number of anilines is 1. The number of nitrogens with one attached hydrogen (secondary N) is 1. The van der Waals surface area contributed by atoms with Gasteiger partial charge >= 0.3 is 0 Å². The van der Waals surface area contributed by atoms with Crippen molar-refractivity contribution in [3.63, 3.8) is 0 Å². The summed E-state index contributed by atoms with van der Waals surface area (Å²) >= 11 is 0. The van der Waals surface area contributed by atoms with Gasteiger partial charge < -0.3 is 25.3 Å². The van der Waals surface area contributed by atoms with E-state index in [0.717, 1.165) is 21.9 Å². The number of rotatable bonds is 3. The number of aryl methyl sites for hydroxylation is 1. The molecule has 5 heterocycles. The highest BCUT2D eigenvalue weighted by Crippen LogP contribution is 2.36. The van der Waals surface area contributed by atoms with E-state index in [9.17, 15) is 15.0 Å². The average Bonchev–Trinajstić information content (AvgIpc) is 3.46. The average molecular weight is 448 g/mol. The Bertz CT molecular complexity index is 1600. The van der Waals surface area contributed by atoms with Gasteiger partial charge in [0.1, 0.15) is 12.3 Å². The molecule has 0 radical (unpaired) electrons. The van der Waals surface area contributed by atoms with E-state index >= 15 is 0 Å². The molecule has 0 bridgehead atoms. The predicted octanol–water partition coefficient (Wildman–Crippen LogP) is 0.444. The van der Waals surface area contributed by atoms with Crippen molar-refractivity contribution in [2.45, 2.75) is 24.9 Å². The van der Waals surface area contributed by atoms with Gasteiger partial charge in [-0.3, -0.25) is 19.3 Å². The maximum atomic E-state index is 12.6. The lowest BCUT2D eigenvalue weighted by Gasteiger charge is -2.16. The molecular weight excluding hydrogens is 428 g/mol. The van der Waals surface area contributed by atoms with Crippen LogP contribution in [0.2, 0.25) is 0 Å². The highest BCUT2D eigenvalue weighted by molar-refractivity contribution is 6.03. The fourth-order valence-corrected chi connectivity index (χ4v) is 4.48. The standard InChI is InChI=1S/C21H20N8O4/c1-28-11-5-4-10-9(3-2-6-23-10)15(11)24-18(28)19-25-16-17(26-21(22)27-20(16)32)29(19)14-7-12(31)13(8-30)33-14/h2-6,12-14,30-31H,7-8H2,1H3,(H3,22,26,27,32)/t12-,13+,14+/m0/s1. The van der Waals surface area contributed by atoms with E-state index in [4.69, 9.17) is 15.5 Å². The molecule has 5 N–H and O–H groups in total. The Balaban J connectivity index is 1.65. The van der Waals surface area contributed by atoms with Crippen LogP contribution in [-0.2, 0) is 11.8 Å². The Hall–Kier alpha value is -3.87. The molecule has 168 valence electrons. The molecule has 12 nitrogen and oxygen atoms in total. The summed E-state index contributed by atoms with van der Waals surface area (Å²) in [5.41, 5.74) is 7.99. The van der Waals surface area contributed by atoms with Crippen molar-refractivity contribution in [2.24, 2.45) is 7.05 Å². The Morgan fingerprint density at radius 3 is 2.82 bits per heavy atom. The van der Waals surface area contributed by atoms with Crippen LogP contribution < -0.4 is 11.3 Å². The minimum absolute atomic E-state index is 0.0699. The van der Waals surface area contributed by atoms with Gasteiger partial charge in [0.25, 0.3) is 5.56 Å². The first-order valence-electron chi connectivity index (χ1n) is 10.4. The SMILES string of the molecule is Cn1c(-c2nc3c(=O)[nH]c(N)nc3n2[C@H]2C[C@H](O)[C@@H](CO)O2)nc2c3cccnc3ccc21. The summed E-state index contributed by atoms with van der Waals surface area (Å²) in [6.45, 7) is -0.346. The summed E-state index contributed by atoms with van der Waals surface area (Å²) in [5, 5.41) is 20.8. The van der Waals surface area contributed by atoms with Crippen LogP contribution in [0.1, 0.15) is 12.6 Å². The number of nitrogens with zero attached hydrogens (tertiary/aromatic N) is 6. The van der Waals surface area contributed by atoms with Crippen LogP contribution in [0, 0.1) is 0 Å². The van der Waals surface area contributed by atoms with Crippen molar-refractivity contribution in [3.05, 3.63) is 40.8 Å². The lowest BCUT2D eigenvalue weighted by molar-refractivity contribution is -0.0427. The van der Waals surface area contributed by atoms with Gasteiger partial charge in [0.2, 0.25) is 5.95 Å². The first kappa shape index (κ1) is 19.8. The molecule has 5 aromatic rings. The van der Waals surface area contributed by atoms with E-state index in [1.165, 1.54) is 0 Å². The van der Waals surface area contributed by atoms with Gasteiger partial charge in [0, 0.05) is 25.1 Å². The summed E-state index contributed by atoms with van der Waals surface area (Å²) in [4.78, 5) is 33.2. The fourth-order valence-electron chi connectivity index (χ4n) is 4.48. The minimum Gasteiger partial charge on any atom is -0.394 e. The molecule has 0 spiro atoms. The van der Waals surface area contributed by atoms with Crippen LogP contribution in [0.4, 0.5) is 5.95 Å². The molecule has 0 saturated carbocycles. The van der Waals surface area contributed by atoms with E-state index in [2.05, 4.69) is 19.9 Å². The molecule has 4 aromatic heterocycles. The van der Waals surface area contributed by atoms with Crippen LogP contribution in [0.25, 0.3) is 44.7 Å². The molecule has 33 heavy (non-hydrogen) atoms. The number of aromatic nitrogens is 7. The number of ether oxygens (including phenoxy) is 1. The highest BCUT2D eigenvalue weighted by Gasteiger charge is 2.38. The van der Waals surface area contributed by atoms with Gasteiger partial charge in [-0.1, -0.05) is 0 Å². The van der Waals surface area contributed by atoms with Crippen LogP contribution in [0.5, 0.6) is 0 Å². The van der Waals surface area contributed by atoms with Gasteiger partial charge in [-0.2, -0.15) is 4.98 Å². The lowest BCUT2D eigenvalue weighted by Crippen LogP contribution is -2.24. The molecule has 0 unspecified atom stereocenters. The number of benzene rings is 1. The van der Waals surface area contributed by atoms with Crippen molar-refractivity contribution in [3.8, 4) is 11.6 Å². The molecule has 0 aliphatic carbocycles. The number of aromatic amines is 1. The number of nitrogens with two attached hydrogens (primary N) is 1. The monoisotopic (exact) mass is 448 g/mol. The fraction of sp³-hybridized carbons (Fsp3) is 0.286. The van der Waals surface area contributed by atoms with Crippen LogP contribution in [0.15, 0.2) is 35.3 Å². The van der Waals surface area contributed by atoms with Gasteiger partial charge in [-0.15, -0.1) is 0 Å². The number of hydrogen-bond donors (Lipinski definition) is 4. The lowest BCUT2D eigenvalue weighted by atomic mass is 10.2. The molecule has 0 amide bonds. The molecule has 12 heteroatoms. The number of aliphatic hydroxyl groups is 2. The second-order valence-corrected chi connectivity index (χ2v) is 8.04.